The van der Waals surface area contributed by atoms with Crippen LogP contribution in [0.25, 0.3) is 11.0 Å². The lowest BCUT2D eigenvalue weighted by Crippen LogP contribution is -2.18. The minimum atomic E-state index is 0.220. The van der Waals surface area contributed by atoms with Crippen molar-refractivity contribution in [1.29, 1.82) is 0 Å². The van der Waals surface area contributed by atoms with Crippen molar-refractivity contribution in [1.82, 2.24) is 9.55 Å². The predicted molar refractivity (Wildman–Crippen MR) is 97.0 cm³/mol. The maximum absolute atomic E-state index is 6.06. The summed E-state index contributed by atoms with van der Waals surface area (Å²) in [5.74, 6) is 1.28. The molecule has 1 heterocycles. The first-order valence-electron chi connectivity index (χ1n) is 7.98. The van der Waals surface area contributed by atoms with E-state index in [9.17, 15) is 0 Å². The van der Waals surface area contributed by atoms with Gasteiger partial charge >= 0.3 is 0 Å². The molecule has 0 bridgehead atoms. The molecule has 0 amide bonds. The summed E-state index contributed by atoms with van der Waals surface area (Å²) < 4.78 is 2.17. The third-order valence-electron chi connectivity index (χ3n) is 4.41. The molecule has 23 heavy (non-hydrogen) atoms. The summed E-state index contributed by atoms with van der Waals surface area (Å²) in [6, 6.07) is 16.9. The third-order valence-corrected chi connectivity index (χ3v) is 4.41. The number of rotatable bonds is 5. The van der Waals surface area contributed by atoms with E-state index in [2.05, 4.69) is 67.0 Å². The standard InChI is InChI=1S/C19H24N4/c1-22(2)16-10-8-14(9-11-16)12-15(13-20)19-21-17-6-4-5-7-18(17)23(19)3/h4-11,15H,12-13,20H2,1-3H3. The second-order valence-electron chi connectivity index (χ2n) is 6.22. The van der Waals surface area contributed by atoms with Crippen LogP contribution in [0.3, 0.4) is 0 Å². The van der Waals surface area contributed by atoms with Gasteiger partial charge in [0.25, 0.3) is 0 Å². The molecule has 0 aliphatic carbocycles. The van der Waals surface area contributed by atoms with Crippen LogP contribution in [-0.4, -0.2) is 30.2 Å². The Balaban J connectivity index is 1.88. The van der Waals surface area contributed by atoms with Gasteiger partial charge in [0.05, 0.1) is 11.0 Å². The van der Waals surface area contributed by atoms with Gasteiger partial charge in [0.2, 0.25) is 0 Å². The highest BCUT2D eigenvalue weighted by molar-refractivity contribution is 5.75. The Hall–Kier alpha value is -2.33. The van der Waals surface area contributed by atoms with E-state index in [1.165, 1.54) is 11.3 Å². The number of imidazole rings is 1. The van der Waals surface area contributed by atoms with Gasteiger partial charge in [-0.2, -0.15) is 0 Å². The molecular weight excluding hydrogens is 284 g/mol. The fourth-order valence-electron chi connectivity index (χ4n) is 3.02. The average Bonchev–Trinajstić information content (AvgIpc) is 2.90. The maximum Gasteiger partial charge on any atom is 0.114 e. The van der Waals surface area contributed by atoms with Crippen molar-refractivity contribution in [2.24, 2.45) is 12.8 Å². The SMILES string of the molecule is CN(C)c1ccc(CC(CN)c2nc3ccccc3n2C)cc1. The molecule has 0 aliphatic heterocycles. The molecular formula is C19H24N4. The van der Waals surface area contributed by atoms with Gasteiger partial charge in [-0.3, -0.25) is 0 Å². The van der Waals surface area contributed by atoms with Crippen LogP contribution in [0.5, 0.6) is 0 Å². The highest BCUT2D eigenvalue weighted by Gasteiger charge is 2.18. The van der Waals surface area contributed by atoms with Crippen molar-refractivity contribution in [2.45, 2.75) is 12.3 Å². The van der Waals surface area contributed by atoms with Gasteiger partial charge in [0.15, 0.2) is 0 Å². The number of hydrogen-bond donors (Lipinski definition) is 1. The van der Waals surface area contributed by atoms with Gasteiger partial charge in [-0.05, 0) is 36.2 Å². The van der Waals surface area contributed by atoms with Crippen LogP contribution in [0, 0.1) is 0 Å². The minimum Gasteiger partial charge on any atom is -0.378 e. The Kier molecular flexibility index (Phi) is 4.35. The lowest BCUT2D eigenvalue weighted by atomic mass is 9.98. The molecule has 0 fully saturated rings. The summed E-state index contributed by atoms with van der Waals surface area (Å²) in [7, 11) is 6.18. The minimum absolute atomic E-state index is 0.220. The molecule has 1 atom stereocenters. The van der Waals surface area contributed by atoms with Crippen LogP contribution >= 0.6 is 0 Å². The molecule has 0 aliphatic rings. The second kappa shape index (κ2) is 6.42. The summed E-state index contributed by atoms with van der Waals surface area (Å²) >= 11 is 0. The number of nitrogens with two attached hydrogens (primary N) is 1. The third kappa shape index (κ3) is 3.08. The Morgan fingerprint density at radius 3 is 2.39 bits per heavy atom. The van der Waals surface area contributed by atoms with Gasteiger partial charge in [-0.25, -0.2) is 4.98 Å². The van der Waals surface area contributed by atoms with Crippen LogP contribution in [0.1, 0.15) is 17.3 Å². The first kappa shape index (κ1) is 15.6. The summed E-state index contributed by atoms with van der Waals surface area (Å²) in [4.78, 5) is 6.91. The van der Waals surface area contributed by atoms with Crippen LogP contribution in [0.4, 0.5) is 5.69 Å². The number of para-hydroxylation sites is 2. The van der Waals surface area contributed by atoms with E-state index < -0.39 is 0 Å². The van der Waals surface area contributed by atoms with E-state index in [-0.39, 0.29) is 5.92 Å². The number of fused-ring (bicyclic) bond motifs is 1. The molecule has 1 unspecified atom stereocenters. The lowest BCUT2D eigenvalue weighted by molar-refractivity contribution is 0.623. The maximum atomic E-state index is 6.06. The highest BCUT2D eigenvalue weighted by Crippen LogP contribution is 2.24. The van der Waals surface area contributed by atoms with E-state index in [4.69, 9.17) is 10.7 Å². The number of hydrogen-bond acceptors (Lipinski definition) is 3. The van der Waals surface area contributed by atoms with Gasteiger partial charge in [0.1, 0.15) is 5.82 Å². The fraction of sp³-hybridized carbons (Fsp3) is 0.316. The quantitative estimate of drug-likeness (QED) is 0.788. The lowest BCUT2D eigenvalue weighted by Gasteiger charge is -2.16. The normalized spacial score (nSPS) is 12.5. The molecule has 2 aromatic carbocycles. The Morgan fingerprint density at radius 2 is 1.78 bits per heavy atom. The Morgan fingerprint density at radius 1 is 1.09 bits per heavy atom. The molecule has 4 heteroatoms. The van der Waals surface area contributed by atoms with E-state index in [0.717, 1.165) is 23.3 Å². The zero-order valence-electron chi connectivity index (χ0n) is 14.0. The molecule has 1 aromatic heterocycles. The van der Waals surface area contributed by atoms with Crippen molar-refractivity contribution in [3.63, 3.8) is 0 Å². The van der Waals surface area contributed by atoms with Crippen molar-refractivity contribution < 1.29 is 0 Å². The molecule has 3 rings (SSSR count). The molecule has 0 spiro atoms. The van der Waals surface area contributed by atoms with Crippen molar-refractivity contribution in [3.05, 3.63) is 59.9 Å². The highest BCUT2D eigenvalue weighted by atomic mass is 15.1. The van der Waals surface area contributed by atoms with Crippen LogP contribution in [0.2, 0.25) is 0 Å². The van der Waals surface area contributed by atoms with Crippen LogP contribution in [0.15, 0.2) is 48.5 Å². The van der Waals surface area contributed by atoms with E-state index in [1.54, 1.807) is 0 Å². The molecule has 0 saturated heterocycles. The first-order chi connectivity index (χ1) is 11.1. The Bertz CT molecular complexity index is 787. The molecule has 3 aromatic rings. The second-order valence-corrected chi connectivity index (χ2v) is 6.22. The monoisotopic (exact) mass is 308 g/mol. The van der Waals surface area contributed by atoms with Gasteiger partial charge in [-0.15, -0.1) is 0 Å². The van der Waals surface area contributed by atoms with Gasteiger partial charge < -0.3 is 15.2 Å². The summed E-state index contributed by atoms with van der Waals surface area (Å²) in [6.45, 7) is 0.590. The van der Waals surface area contributed by atoms with E-state index in [0.29, 0.717) is 6.54 Å². The zero-order valence-corrected chi connectivity index (χ0v) is 14.0. The van der Waals surface area contributed by atoms with Crippen molar-refractivity contribution >= 4 is 16.7 Å². The van der Waals surface area contributed by atoms with Crippen molar-refractivity contribution in [2.75, 3.05) is 25.5 Å². The van der Waals surface area contributed by atoms with Gasteiger partial charge in [0, 0.05) is 39.3 Å². The average molecular weight is 308 g/mol. The summed E-state index contributed by atoms with van der Waals surface area (Å²) in [5, 5.41) is 0. The first-order valence-corrected chi connectivity index (χ1v) is 7.98. The fourth-order valence-corrected chi connectivity index (χ4v) is 3.02. The largest absolute Gasteiger partial charge is 0.378 e. The number of anilines is 1. The zero-order chi connectivity index (χ0) is 16.4. The number of benzene rings is 2. The summed E-state index contributed by atoms with van der Waals surface area (Å²) in [5.41, 5.74) is 10.7. The van der Waals surface area contributed by atoms with Crippen LogP contribution in [-0.2, 0) is 13.5 Å². The Labute approximate surface area is 137 Å². The number of aryl methyl sites for hydroxylation is 1. The van der Waals surface area contributed by atoms with Gasteiger partial charge in [-0.1, -0.05) is 24.3 Å². The molecule has 120 valence electrons. The van der Waals surface area contributed by atoms with E-state index >= 15 is 0 Å². The van der Waals surface area contributed by atoms with Crippen molar-refractivity contribution in [3.8, 4) is 0 Å². The molecule has 0 radical (unpaired) electrons. The molecule has 2 N–H and O–H groups in total. The number of aromatic nitrogens is 2. The molecule has 4 nitrogen and oxygen atoms in total. The molecule has 0 saturated carbocycles. The van der Waals surface area contributed by atoms with E-state index in [1.807, 2.05) is 12.1 Å². The number of nitrogens with zero attached hydrogens (tertiary/aromatic N) is 3. The topological polar surface area (TPSA) is 47.1 Å². The van der Waals surface area contributed by atoms with Crippen LogP contribution < -0.4 is 10.6 Å². The smallest absolute Gasteiger partial charge is 0.114 e. The predicted octanol–water partition coefficient (Wildman–Crippen LogP) is 2.92. The summed E-state index contributed by atoms with van der Waals surface area (Å²) in [6.07, 6.45) is 0.904.